The molecule has 2 heteroatoms. The zero-order valence-corrected chi connectivity index (χ0v) is 11.2. The standard InChI is InChI=1S/C15H21ClO/c1-11-8-9-13(10-14(11)16)15(17)12-6-4-2-3-5-7-12/h8-10,12,15,17H,2-7H2,1H3. The van der Waals surface area contributed by atoms with Gasteiger partial charge in [0.05, 0.1) is 6.10 Å². The van der Waals surface area contributed by atoms with E-state index in [9.17, 15) is 5.11 Å². The van der Waals surface area contributed by atoms with Crippen molar-refractivity contribution in [3.05, 3.63) is 34.3 Å². The molecule has 17 heavy (non-hydrogen) atoms. The van der Waals surface area contributed by atoms with Crippen LogP contribution in [0.1, 0.15) is 55.8 Å². The first-order valence-corrected chi connectivity index (χ1v) is 7.00. The molecule has 1 nitrogen and oxygen atoms in total. The van der Waals surface area contributed by atoms with Gasteiger partial charge in [0.25, 0.3) is 0 Å². The molecule has 1 saturated carbocycles. The fourth-order valence-corrected chi connectivity index (χ4v) is 2.88. The second-order valence-corrected chi connectivity index (χ2v) is 5.61. The highest BCUT2D eigenvalue weighted by atomic mass is 35.5. The molecule has 2 rings (SSSR count). The van der Waals surface area contributed by atoms with Crippen LogP contribution in [0.2, 0.25) is 5.02 Å². The van der Waals surface area contributed by atoms with Crippen molar-refractivity contribution in [3.63, 3.8) is 0 Å². The molecule has 0 aromatic heterocycles. The number of benzene rings is 1. The monoisotopic (exact) mass is 252 g/mol. The van der Waals surface area contributed by atoms with Crippen molar-refractivity contribution in [1.82, 2.24) is 0 Å². The maximum absolute atomic E-state index is 10.4. The third-order valence-electron chi connectivity index (χ3n) is 3.88. The number of hydrogen-bond donors (Lipinski definition) is 1. The summed E-state index contributed by atoms with van der Waals surface area (Å²) < 4.78 is 0. The quantitative estimate of drug-likeness (QED) is 0.760. The minimum absolute atomic E-state index is 0.341. The van der Waals surface area contributed by atoms with Gasteiger partial charge in [-0.15, -0.1) is 0 Å². The van der Waals surface area contributed by atoms with Crippen LogP contribution in [0.4, 0.5) is 0 Å². The third-order valence-corrected chi connectivity index (χ3v) is 4.29. The summed E-state index contributed by atoms with van der Waals surface area (Å²) in [5.41, 5.74) is 2.05. The Labute approximate surface area is 109 Å². The number of rotatable bonds is 2. The molecule has 1 fully saturated rings. The molecule has 0 saturated heterocycles. The summed E-state index contributed by atoms with van der Waals surface area (Å²) in [6.07, 6.45) is 7.09. The maximum atomic E-state index is 10.4. The van der Waals surface area contributed by atoms with E-state index in [0.29, 0.717) is 5.92 Å². The van der Waals surface area contributed by atoms with Crippen LogP contribution in [0.5, 0.6) is 0 Å². The van der Waals surface area contributed by atoms with Crippen molar-refractivity contribution in [1.29, 1.82) is 0 Å². The molecule has 0 spiro atoms. The number of halogens is 1. The number of hydrogen-bond acceptors (Lipinski definition) is 1. The predicted molar refractivity (Wildman–Crippen MR) is 72.3 cm³/mol. The molecule has 1 aromatic rings. The smallest absolute Gasteiger partial charge is 0.0818 e. The highest BCUT2D eigenvalue weighted by molar-refractivity contribution is 6.31. The molecule has 1 atom stereocenters. The molecule has 1 N–H and O–H groups in total. The first kappa shape index (κ1) is 12.9. The van der Waals surface area contributed by atoms with Gasteiger partial charge >= 0.3 is 0 Å². The van der Waals surface area contributed by atoms with E-state index in [1.165, 1.54) is 25.7 Å². The Morgan fingerprint density at radius 1 is 1.18 bits per heavy atom. The molecule has 0 heterocycles. The van der Waals surface area contributed by atoms with Crippen LogP contribution in [0.15, 0.2) is 18.2 Å². The summed E-state index contributed by atoms with van der Waals surface area (Å²) >= 11 is 6.12. The zero-order valence-electron chi connectivity index (χ0n) is 10.5. The summed E-state index contributed by atoms with van der Waals surface area (Å²) in [7, 11) is 0. The Hall–Kier alpha value is -0.530. The summed E-state index contributed by atoms with van der Waals surface area (Å²) in [5.74, 6) is 0.413. The molecule has 0 bridgehead atoms. The van der Waals surface area contributed by atoms with Gasteiger partial charge in [-0.05, 0) is 42.9 Å². The molecular formula is C15H21ClO. The van der Waals surface area contributed by atoms with E-state index in [-0.39, 0.29) is 6.10 Å². The average Bonchev–Trinajstić information content (AvgIpc) is 2.60. The normalized spacial score (nSPS) is 19.9. The van der Waals surface area contributed by atoms with Gasteiger partial charge in [-0.1, -0.05) is 49.4 Å². The van der Waals surface area contributed by atoms with Crippen LogP contribution in [0, 0.1) is 12.8 Å². The first-order chi connectivity index (χ1) is 8.18. The van der Waals surface area contributed by atoms with Gasteiger partial charge in [0.2, 0.25) is 0 Å². The van der Waals surface area contributed by atoms with E-state index in [1.54, 1.807) is 0 Å². The zero-order chi connectivity index (χ0) is 12.3. The van der Waals surface area contributed by atoms with Crippen LogP contribution >= 0.6 is 11.6 Å². The van der Waals surface area contributed by atoms with Gasteiger partial charge in [-0.3, -0.25) is 0 Å². The Balaban J connectivity index is 2.11. The molecule has 1 aliphatic rings. The van der Waals surface area contributed by atoms with Gasteiger partial charge in [0.15, 0.2) is 0 Å². The van der Waals surface area contributed by atoms with Crippen molar-refractivity contribution < 1.29 is 5.11 Å². The molecule has 1 aliphatic carbocycles. The second-order valence-electron chi connectivity index (χ2n) is 5.21. The molecule has 0 amide bonds. The molecule has 1 unspecified atom stereocenters. The van der Waals surface area contributed by atoms with Crippen LogP contribution in [0.3, 0.4) is 0 Å². The fourth-order valence-electron chi connectivity index (χ4n) is 2.69. The summed E-state index contributed by atoms with van der Waals surface area (Å²) in [5, 5.41) is 11.2. The van der Waals surface area contributed by atoms with Crippen molar-refractivity contribution in [2.75, 3.05) is 0 Å². The van der Waals surface area contributed by atoms with Gasteiger partial charge in [-0.2, -0.15) is 0 Å². The summed E-state index contributed by atoms with van der Waals surface area (Å²) in [6.45, 7) is 1.99. The van der Waals surface area contributed by atoms with E-state index in [1.807, 2.05) is 25.1 Å². The van der Waals surface area contributed by atoms with Crippen LogP contribution in [-0.2, 0) is 0 Å². The van der Waals surface area contributed by atoms with Crippen molar-refractivity contribution >= 4 is 11.6 Å². The summed E-state index contributed by atoms with van der Waals surface area (Å²) in [6, 6.07) is 5.93. The number of aryl methyl sites for hydroxylation is 1. The van der Waals surface area contributed by atoms with E-state index in [2.05, 4.69) is 0 Å². The van der Waals surface area contributed by atoms with Crippen LogP contribution in [-0.4, -0.2) is 5.11 Å². The van der Waals surface area contributed by atoms with Gasteiger partial charge in [0.1, 0.15) is 0 Å². The van der Waals surface area contributed by atoms with Gasteiger partial charge < -0.3 is 5.11 Å². The third kappa shape index (κ3) is 3.23. The lowest BCUT2D eigenvalue weighted by Gasteiger charge is -2.22. The highest BCUT2D eigenvalue weighted by Gasteiger charge is 2.22. The Morgan fingerprint density at radius 3 is 2.41 bits per heavy atom. The Kier molecular flexibility index (Phi) is 4.47. The van der Waals surface area contributed by atoms with Crippen LogP contribution in [0.25, 0.3) is 0 Å². The highest BCUT2D eigenvalue weighted by Crippen LogP contribution is 2.34. The summed E-state index contributed by atoms with van der Waals surface area (Å²) in [4.78, 5) is 0. The molecule has 0 aliphatic heterocycles. The average molecular weight is 253 g/mol. The van der Waals surface area contributed by atoms with E-state index >= 15 is 0 Å². The lowest BCUT2D eigenvalue weighted by molar-refractivity contribution is 0.0988. The molecular weight excluding hydrogens is 232 g/mol. The topological polar surface area (TPSA) is 20.2 Å². The maximum Gasteiger partial charge on any atom is 0.0818 e. The van der Waals surface area contributed by atoms with Crippen molar-refractivity contribution in [2.45, 2.75) is 51.6 Å². The molecule has 1 aromatic carbocycles. The molecule has 0 radical (unpaired) electrons. The second kappa shape index (κ2) is 5.88. The SMILES string of the molecule is Cc1ccc(C(O)C2CCCCCC2)cc1Cl. The predicted octanol–water partition coefficient (Wildman–Crippen LogP) is 4.65. The minimum atomic E-state index is -0.341. The Morgan fingerprint density at radius 2 is 1.82 bits per heavy atom. The number of aliphatic hydroxyl groups excluding tert-OH is 1. The van der Waals surface area contributed by atoms with E-state index in [4.69, 9.17) is 11.6 Å². The van der Waals surface area contributed by atoms with Gasteiger partial charge in [0, 0.05) is 5.02 Å². The lowest BCUT2D eigenvalue weighted by atomic mass is 9.89. The Bertz CT molecular complexity index is 367. The van der Waals surface area contributed by atoms with Crippen LogP contribution < -0.4 is 0 Å². The van der Waals surface area contributed by atoms with E-state index < -0.39 is 0 Å². The molecule has 94 valence electrons. The van der Waals surface area contributed by atoms with Gasteiger partial charge in [-0.25, -0.2) is 0 Å². The largest absolute Gasteiger partial charge is 0.388 e. The van der Waals surface area contributed by atoms with Crippen molar-refractivity contribution in [2.24, 2.45) is 5.92 Å². The number of aliphatic hydroxyl groups is 1. The van der Waals surface area contributed by atoms with E-state index in [0.717, 1.165) is 29.0 Å². The minimum Gasteiger partial charge on any atom is -0.388 e. The van der Waals surface area contributed by atoms with Crippen molar-refractivity contribution in [3.8, 4) is 0 Å². The fraction of sp³-hybridized carbons (Fsp3) is 0.600. The first-order valence-electron chi connectivity index (χ1n) is 6.62. The lowest BCUT2D eigenvalue weighted by Crippen LogP contribution is -2.12.